The van der Waals surface area contributed by atoms with Crippen LogP contribution in [0.4, 0.5) is 17.1 Å². The minimum Gasteiger partial charge on any atom is -0.310 e. The molecular weight excluding hydrogens is 551 g/mol. The minimum absolute atomic E-state index is 1.14. The molecule has 0 atom stereocenters. The molecule has 0 amide bonds. The van der Waals surface area contributed by atoms with Crippen molar-refractivity contribution in [1.82, 2.24) is 0 Å². The summed E-state index contributed by atoms with van der Waals surface area (Å²) >= 11 is 1.86. The van der Waals surface area contributed by atoms with Gasteiger partial charge in [-0.3, -0.25) is 0 Å². The fourth-order valence-electron chi connectivity index (χ4n) is 6.85. The molecule has 1 aromatic heterocycles. The number of thiophene rings is 1. The molecule has 0 unspecified atom stereocenters. The summed E-state index contributed by atoms with van der Waals surface area (Å²) in [6.07, 6.45) is 0. The lowest BCUT2D eigenvalue weighted by Gasteiger charge is -2.28. The highest BCUT2D eigenvalue weighted by Crippen LogP contribution is 2.45. The molecule has 0 aliphatic heterocycles. The van der Waals surface area contributed by atoms with Crippen molar-refractivity contribution in [1.29, 1.82) is 0 Å². The number of nitrogens with zero attached hydrogens (tertiary/aromatic N) is 1. The maximum atomic E-state index is 2.44. The van der Waals surface area contributed by atoms with Crippen LogP contribution in [0.25, 0.3) is 63.6 Å². The second kappa shape index (κ2) is 10.1. The van der Waals surface area contributed by atoms with Gasteiger partial charge in [0, 0.05) is 37.1 Å². The molecule has 1 heterocycles. The normalized spacial score (nSPS) is 11.6. The van der Waals surface area contributed by atoms with E-state index in [0.717, 1.165) is 17.1 Å². The molecule has 9 rings (SSSR count). The second-order valence-corrected chi connectivity index (χ2v) is 12.4. The molecule has 0 aliphatic carbocycles. The largest absolute Gasteiger partial charge is 0.310 e. The van der Waals surface area contributed by atoms with Crippen LogP contribution in [0.1, 0.15) is 0 Å². The maximum Gasteiger partial charge on any atom is 0.0540 e. The lowest BCUT2D eigenvalue weighted by atomic mass is 9.93. The van der Waals surface area contributed by atoms with Crippen molar-refractivity contribution in [2.45, 2.75) is 0 Å². The number of hydrogen-bond donors (Lipinski definition) is 0. The standard InChI is InChI=1S/C42H27NS/c1-2-12-28(13-3-1)31-14-8-10-20-40(31)43(30-23-25-42-39(27-30)37-19-9-11-21-41(37)44-42)29-22-24-36-34-17-5-4-15-32(34)33-16-6-7-18-35(33)38(36)26-29/h1-27H. The van der Waals surface area contributed by atoms with Crippen molar-refractivity contribution in [2.75, 3.05) is 4.90 Å². The SMILES string of the molecule is c1ccc(-c2ccccc2N(c2ccc3sc4ccccc4c3c2)c2ccc3c4ccccc4c4ccccc4c3c2)cc1. The van der Waals surface area contributed by atoms with Crippen LogP contribution in [0.3, 0.4) is 0 Å². The highest BCUT2D eigenvalue weighted by atomic mass is 32.1. The maximum absolute atomic E-state index is 2.44. The number of hydrogen-bond acceptors (Lipinski definition) is 2. The Hall–Kier alpha value is -5.44. The summed E-state index contributed by atoms with van der Waals surface area (Å²) in [6.45, 7) is 0. The molecule has 9 aromatic rings. The number of para-hydroxylation sites is 1. The fourth-order valence-corrected chi connectivity index (χ4v) is 7.93. The van der Waals surface area contributed by atoms with Gasteiger partial charge >= 0.3 is 0 Å². The smallest absolute Gasteiger partial charge is 0.0540 e. The molecule has 0 saturated carbocycles. The third-order valence-electron chi connectivity index (χ3n) is 8.83. The predicted molar refractivity (Wildman–Crippen MR) is 192 cm³/mol. The van der Waals surface area contributed by atoms with Gasteiger partial charge in [0.2, 0.25) is 0 Å². The van der Waals surface area contributed by atoms with Gasteiger partial charge in [-0.05, 0) is 80.3 Å². The lowest BCUT2D eigenvalue weighted by molar-refractivity contribution is 1.30. The van der Waals surface area contributed by atoms with Crippen LogP contribution < -0.4 is 4.90 Å². The van der Waals surface area contributed by atoms with Crippen molar-refractivity contribution >= 4 is 80.9 Å². The van der Waals surface area contributed by atoms with Gasteiger partial charge in [0.15, 0.2) is 0 Å². The summed E-state index contributed by atoms with van der Waals surface area (Å²) < 4.78 is 2.63. The van der Waals surface area contributed by atoms with Crippen molar-refractivity contribution in [2.24, 2.45) is 0 Å². The summed E-state index contributed by atoms with van der Waals surface area (Å²) in [5.74, 6) is 0. The van der Waals surface area contributed by atoms with Crippen molar-refractivity contribution in [3.63, 3.8) is 0 Å². The summed E-state index contributed by atoms with van der Waals surface area (Å²) in [4.78, 5) is 2.44. The lowest BCUT2D eigenvalue weighted by Crippen LogP contribution is -2.11. The molecule has 0 aliphatic rings. The number of fused-ring (bicyclic) bond motifs is 9. The topological polar surface area (TPSA) is 3.24 Å². The average molecular weight is 578 g/mol. The van der Waals surface area contributed by atoms with E-state index < -0.39 is 0 Å². The first-order chi connectivity index (χ1) is 21.8. The number of benzene rings is 8. The van der Waals surface area contributed by atoms with Gasteiger partial charge in [-0.2, -0.15) is 0 Å². The third kappa shape index (κ3) is 3.92. The summed E-state index contributed by atoms with van der Waals surface area (Å²) in [7, 11) is 0. The molecule has 0 saturated heterocycles. The zero-order valence-electron chi connectivity index (χ0n) is 23.9. The van der Waals surface area contributed by atoms with E-state index in [1.807, 2.05) is 11.3 Å². The first-order valence-corrected chi connectivity index (χ1v) is 15.8. The Balaban J connectivity index is 1.36. The highest BCUT2D eigenvalue weighted by molar-refractivity contribution is 7.25. The Bertz CT molecular complexity index is 2470. The van der Waals surface area contributed by atoms with E-state index in [2.05, 4.69) is 169 Å². The van der Waals surface area contributed by atoms with Crippen LogP contribution in [0, 0.1) is 0 Å². The summed E-state index contributed by atoms with van der Waals surface area (Å²) in [5.41, 5.74) is 5.84. The molecule has 0 bridgehead atoms. The van der Waals surface area contributed by atoms with E-state index in [4.69, 9.17) is 0 Å². The van der Waals surface area contributed by atoms with Gasteiger partial charge in [-0.1, -0.05) is 121 Å². The van der Waals surface area contributed by atoms with Gasteiger partial charge < -0.3 is 4.90 Å². The molecular formula is C42H27NS. The third-order valence-corrected chi connectivity index (χ3v) is 9.99. The average Bonchev–Trinajstić information content (AvgIpc) is 3.47. The van der Waals surface area contributed by atoms with Crippen LogP contribution >= 0.6 is 11.3 Å². The first kappa shape index (κ1) is 25.1. The van der Waals surface area contributed by atoms with Crippen molar-refractivity contribution in [3.05, 3.63) is 164 Å². The molecule has 8 aromatic carbocycles. The summed E-state index contributed by atoms with van der Waals surface area (Å²) in [5, 5.41) is 10.3. The van der Waals surface area contributed by atoms with E-state index in [9.17, 15) is 0 Å². The van der Waals surface area contributed by atoms with E-state index in [-0.39, 0.29) is 0 Å². The van der Waals surface area contributed by atoms with Crippen LogP contribution in [0.2, 0.25) is 0 Å². The molecule has 0 fully saturated rings. The Morgan fingerprint density at radius 2 is 0.841 bits per heavy atom. The van der Waals surface area contributed by atoms with Crippen LogP contribution in [-0.2, 0) is 0 Å². The first-order valence-electron chi connectivity index (χ1n) is 15.0. The molecule has 44 heavy (non-hydrogen) atoms. The molecule has 0 N–H and O–H groups in total. The van der Waals surface area contributed by atoms with E-state index in [1.54, 1.807) is 0 Å². The van der Waals surface area contributed by atoms with Crippen LogP contribution in [0.5, 0.6) is 0 Å². The van der Waals surface area contributed by atoms with Crippen molar-refractivity contribution < 1.29 is 0 Å². The van der Waals surface area contributed by atoms with Crippen molar-refractivity contribution in [3.8, 4) is 11.1 Å². The van der Waals surface area contributed by atoms with E-state index in [1.165, 1.54) is 63.6 Å². The Kier molecular flexibility index (Phi) is 5.75. The van der Waals surface area contributed by atoms with Gasteiger partial charge in [0.1, 0.15) is 0 Å². The van der Waals surface area contributed by atoms with Crippen LogP contribution in [0.15, 0.2) is 164 Å². The second-order valence-electron chi connectivity index (χ2n) is 11.3. The van der Waals surface area contributed by atoms with E-state index >= 15 is 0 Å². The monoisotopic (exact) mass is 577 g/mol. The Morgan fingerprint density at radius 1 is 0.341 bits per heavy atom. The molecule has 2 heteroatoms. The number of anilines is 3. The molecule has 206 valence electrons. The fraction of sp³-hybridized carbons (Fsp3) is 0. The zero-order chi connectivity index (χ0) is 29.0. The Morgan fingerprint density at radius 3 is 1.57 bits per heavy atom. The minimum atomic E-state index is 1.14. The predicted octanol–water partition coefficient (Wildman–Crippen LogP) is 12.7. The van der Waals surface area contributed by atoms with Gasteiger partial charge in [-0.25, -0.2) is 0 Å². The summed E-state index contributed by atoms with van der Waals surface area (Å²) in [6, 6.07) is 59.8. The zero-order valence-corrected chi connectivity index (χ0v) is 24.8. The van der Waals surface area contributed by atoms with E-state index in [0.29, 0.717) is 0 Å². The molecule has 0 radical (unpaired) electrons. The number of rotatable bonds is 4. The van der Waals surface area contributed by atoms with Gasteiger partial charge in [-0.15, -0.1) is 11.3 Å². The molecule has 1 nitrogen and oxygen atoms in total. The van der Waals surface area contributed by atoms with Crippen LogP contribution in [-0.4, -0.2) is 0 Å². The van der Waals surface area contributed by atoms with Gasteiger partial charge in [0.05, 0.1) is 5.69 Å². The molecule has 0 spiro atoms. The quantitative estimate of drug-likeness (QED) is 0.188. The highest BCUT2D eigenvalue weighted by Gasteiger charge is 2.19. The van der Waals surface area contributed by atoms with Gasteiger partial charge in [0.25, 0.3) is 0 Å². The Labute approximate surface area is 259 Å².